The average molecular weight is 375 g/mol. The molecule has 1 amide bonds. The Morgan fingerprint density at radius 3 is 2.54 bits per heavy atom. The molecule has 0 radical (unpaired) electrons. The summed E-state index contributed by atoms with van der Waals surface area (Å²) in [4.78, 5) is 14.5. The van der Waals surface area contributed by atoms with E-state index >= 15 is 0 Å². The fraction of sp³-hybridized carbons (Fsp3) is 0.611. The van der Waals surface area contributed by atoms with Crippen LogP contribution in [0.1, 0.15) is 37.7 Å². The minimum absolute atomic E-state index is 0. The van der Waals surface area contributed by atoms with Crippen LogP contribution >= 0.6 is 24.0 Å². The first-order chi connectivity index (χ1) is 11.0. The topological polar surface area (TPSA) is 46.3 Å². The van der Waals surface area contributed by atoms with Crippen LogP contribution in [-0.2, 0) is 11.3 Å². The molecule has 6 heteroatoms. The van der Waals surface area contributed by atoms with Crippen molar-refractivity contribution in [3.63, 3.8) is 0 Å². The Kier molecular flexibility index (Phi) is 6.52. The molecular weight excluding hydrogens is 350 g/mol. The summed E-state index contributed by atoms with van der Waals surface area (Å²) >= 11 is 6.07. The number of rotatable bonds is 3. The van der Waals surface area contributed by atoms with Gasteiger partial charge in [-0.2, -0.15) is 0 Å². The van der Waals surface area contributed by atoms with Crippen LogP contribution < -0.4 is 5.73 Å². The third-order valence-electron chi connectivity index (χ3n) is 5.56. The van der Waals surface area contributed by atoms with Crippen molar-refractivity contribution in [2.75, 3.05) is 7.05 Å². The average Bonchev–Trinajstić information content (AvgIpc) is 2.49. The third kappa shape index (κ3) is 4.04. The van der Waals surface area contributed by atoms with Crippen LogP contribution in [0.3, 0.4) is 0 Å². The Morgan fingerprint density at radius 2 is 1.96 bits per heavy atom. The van der Waals surface area contributed by atoms with E-state index in [1.54, 1.807) is 18.0 Å². The predicted molar refractivity (Wildman–Crippen MR) is 96.7 cm³/mol. The van der Waals surface area contributed by atoms with Crippen molar-refractivity contribution in [3.8, 4) is 0 Å². The minimum atomic E-state index is -0.359. The van der Waals surface area contributed by atoms with Gasteiger partial charge in [-0.05, 0) is 55.2 Å². The summed E-state index contributed by atoms with van der Waals surface area (Å²) in [5, 5.41) is 0.368. The van der Waals surface area contributed by atoms with Gasteiger partial charge in [-0.1, -0.05) is 24.1 Å². The maximum Gasteiger partial charge on any atom is 0.225 e. The van der Waals surface area contributed by atoms with E-state index < -0.39 is 0 Å². The van der Waals surface area contributed by atoms with Crippen LogP contribution in [0.25, 0.3) is 0 Å². The summed E-state index contributed by atoms with van der Waals surface area (Å²) < 4.78 is 13.1. The van der Waals surface area contributed by atoms with Crippen molar-refractivity contribution in [2.45, 2.75) is 44.7 Å². The molecular formula is C18H25Cl2FN2O. The zero-order valence-corrected chi connectivity index (χ0v) is 15.5. The lowest BCUT2D eigenvalue weighted by Gasteiger charge is -2.44. The second-order valence-electron chi connectivity index (χ2n) is 7.13. The zero-order chi connectivity index (χ0) is 16.6. The van der Waals surface area contributed by atoms with E-state index in [1.165, 1.54) is 18.6 Å². The molecule has 1 aromatic carbocycles. The first kappa shape index (κ1) is 19.5. The fourth-order valence-electron chi connectivity index (χ4n) is 4.29. The summed E-state index contributed by atoms with van der Waals surface area (Å²) in [6.07, 6.45) is 5.34. The quantitative estimate of drug-likeness (QED) is 0.868. The molecule has 3 rings (SSSR count). The number of amides is 1. The van der Waals surface area contributed by atoms with Gasteiger partial charge in [0.05, 0.1) is 0 Å². The maximum absolute atomic E-state index is 13.1. The van der Waals surface area contributed by atoms with E-state index in [1.807, 2.05) is 0 Å². The van der Waals surface area contributed by atoms with Gasteiger partial charge in [-0.3, -0.25) is 4.79 Å². The summed E-state index contributed by atoms with van der Waals surface area (Å²) in [5.74, 6) is 0.837. The van der Waals surface area contributed by atoms with Crippen molar-refractivity contribution >= 4 is 29.9 Å². The number of halogens is 3. The first-order valence-corrected chi connectivity index (χ1v) is 8.78. The summed E-state index contributed by atoms with van der Waals surface area (Å²) in [6, 6.07) is 4.58. The fourth-order valence-corrected chi connectivity index (χ4v) is 4.51. The highest BCUT2D eigenvalue weighted by Crippen LogP contribution is 2.42. The SMILES string of the molecule is CN(Cc1ccc(F)cc1Cl)C(=O)C1CC2CCCC(C1)C2N.Cl. The summed E-state index contributed by atoms with van der Waals surface area (Å²) in [6.45, 7) is 0.413. The van der Waals surface area contributed by atoms with Crippen molar-refractivity contribution in [2.24, 2.45) is 23.5 Å². The zero-order valence-electron chi connectivity index (χ0n) is 13.9. The smallest absolute Gasteiger partial charge is 0.225 e. The number of benzene rings is 1. The number of carbonyl (C=O) groups is 1. The highest BCUT2D eigenvalue weighted by molar-refractivity contribution is 6.31. The van der Waals surface area contributed by atoms with Crippen LogP contribution in [0.5, 0.6) is 0 Å². The molecule has 24 heavy (non-hydrogen) atoms. The molecule has 3 nitrogen and oxygen atoms in total. The number of fused-ring (bicyclic) bond motifs is 2. The van der Waals surface area contributed by atoms with E-state index in [2.05, 4.69) is 0 Å². The molecule has 0 spiro atoms. The minimum Gasteiger partial charge on any atom is -0.341 e. The monoisotopic (exact) mass is 374 g/mol. The number of hydrogen-bond acceptors (Lipinski definition) is 2. The molecule has 0 aliphatic heterocycles. The van der Waals surface area contributed by atoms with Gasteiger partial charge in [-0.15, -0.1) is 12.4 Å². The second-order valence-corrected chi connectivity index (χ2v) is 7.53. The normalized spacial score (nSPS) is 28.8. The van der Waals surface area contributed by atoms with Gasteiger partial charge in [0, 0.05) is 30.6 Å². The molecule has 1 aromatic rings. The lowest BCUT2D eigenvalue weighted by atomic mass is 9.65. The Bertz CT molecular complexity index is 584. The maximum atomic E-state index is 13.1. The third-order valence-corrected chi connectivity index (χ3v) is 5.91. The van der Waals surface area contributed by atoms with E-state index in [0.29, 0.717) is 23.4 Å². The van der Waals surface area contributed by atoms with Gasteiger partial charge in [-0.25, -0.2) is 4.39 Å². The van der Waals surface area contributed by atoms with Crippen molar-refractivity contribution in [1.29, 1.82) is 0 Å². The summed E-state index contributed by atoms with van der Waals surface area (Å²) in [5.41, 5.74) is 7.08. The van der Waals surface area contributed by atoms with Gasteiger partial charge < -0.3 is 10.6 Å². The van der Waals surface area contributed by atoms with Crippen LogP contribution in [0.2, 0.25) is 5.02 Å². The highest BCUT2D eigenvalue weighted by atomic mass is 35.5. The molecule has 2 unspecified atom stereocenters. The molecule has 2 bridgehead atoms. The molecule has 2 fully saturated rings. The van der Waals surface area contributed by atoms with Gasteiger partial charge in [0.2, 0.25) is 5.91 Å². The number of nitrogens with zero attached hydrogens (tertiary/aromatic N) is 1. The van der Waals surface area contributed by atoms with E-state index in [9.17, 15) is 9.18 Å². The summed E-state index contributed by atoms with van der Waals surface area (Å²) in [7, 11) is 1.80. The van der Waals surface area contributed by atoms with Crippen LogP contribution in [0.4, 0.5) is 4.39 Å². The Balaban J connectivity index is 0.00000208. The van der Waals surface area contributed by atoms with E-state index in [-0.39, 0.29) is 36.1 Å². The number of hydrogen-bond donors (Lipinski definition) is 1. The Labute approximate surface area is 154 Å². The Morgan fingerprint density at radius 1 is 1.33 bits per heavy atom. The van der Waals surface area contributed by atoms with Gasteiger partial charge >= 0.3 is 0 Å². The van der Waals surface area contributed by atoms with E-state index in [0.717, 1.165) is 31.2 Å². The van der Waals surface area contributed by atoms with Gasteiger partial charge in [0.1, 0.15) is 5.82 Å². The van der Waals surface area contributed by atoms with Crippen molar-refractivity contribution < 1.29 is 9.18 Å². The molecule has 2 N–H and O–H groups in total. The van der Waals surface area contributed by atoms with E-state index in [4.69, 9.17) is 17.3 Å². The number of carbonyl (C=O) groups excluding carboxylic acids is 1. The van der Waals surface area contributed by atoms with Crippen LogP contribution in [0.15, 0.2) is 18.2 Å². The standard InChI is InChI=1S/C18H24ClFN2O.ClH/c1-22(10-13-5-6-15(20)9-16(13)19)18(23)14-7-11-3-2-4-12(8-14)17(11)21;/h5-6,9,11-12,14,17H,2-4,7-8,10,21H2,1H3;1H. The molecule has 0 saturated heterocycles. The molecule has 0 aromatic heterocycles. The molecule has 2 aliphatic carbocycles. The van der Waals surface area contributed by atoms with Gasteiger partial charge in [0.25, 0.3) is 0 Å². The molecule has 2 saturated carbocycles. The lowest BCUT2D eigenvalue weighted by molar-refractivity contribution is -0.137. The van der Waals surface area contributed by atoms with Crippen LogP contribution in [-0.4, -0.2) is 23.9 Å². The highest BCUT2D eigenvalue weighted by Gasteiger charge is 2.41. The molecule has 2 aliphatic rings. The van der Waals surface area contributed by atoms with Crippen molar-refractivity contribution in [1.82, 2.24) is 4.90 Å². The molecule has 0 heterocycles. The van der Waals surface area contributed by atoms with Crippen LogP contribution in [0, 0.1) is 23.6 Å². The van der Waals surface area contributed by atoms with Crippen molar-refractivity contribution in [3.05, 3.63) is 34.6 Å². The number of nitrogens with two attached hydrogens (primary N) is 1. The molecule has 134 valence electrons. The largest absolute Gasteiger partial charge is 0.341 e. The molecule has 2 atom stereocenters. The Hall–Kier alpha value is -0.840. The predicted octanol–water partition coefficient (Wildman–Crippen LogP) is 4.01. The van der Waals surface area contributed by atoms with Gasteiger partial charge in [0.15, 0.2) is 0 Å². The lowest BCUT2D eigenvalue weighted by Crippen LogP contribution is -2.49. The first-order valence-electron chi connectivity index (χ1n) is 8.40. The second kappa shape index (κ2) is 8.03.